The van der Waals surface area contributed by atoms with E-state index in [2.05, 4.69) is 10.6 Å². The number of phenols is 2. The molecule has 0 aromatic heterocycles. The van der Waals surface area contributed by atoms with Crippen LogP contribution >= 0.6 is 0 Å². The smallest absolute Gasteiger partial charge is 0.394 e. The molecule has 0 heterocycles. The first-order chi connectivity index (χ1) is 16.6. The van der Waals surface area contributed by atoms with Crippen molar-refractivity contribution in [3.63, 3.8) is 0 Å². The predicted octanol–water partition coefficient (Wildman–Crippen LogP) is 1.95. The van der Waals surface area contributed by atoms with Gasteiger partial charge in [-0.3, -0.25) is 9.11 Å². The molecule has 0 spiro atoms. The summed E-state index contributed by atoms with van der Waals surface area (Å²) in [7, 11) is -4.67. The second-order valence-electron chi connectivity index (χ2n) is 8.10. The van der Waals surface area contributed by atoms with Crippen molar-refractivity contribution in [1.29, 1.82) is 0 Å². The van der Waals surface area contributed by atoms with Crippen LogP contribution in [-0.2, 0) is 36.5 Å². The fourth-order valence-electron chi connectivity index (χ4n) is 3.41. The van der Waals surface area contributed by atoms with Crippen molar-refractivity contribution >= 4 is 10.4 Å². The SMILES string of the molecule is O=S(=O)(O)O.OCc1cc(CCNCCCCCCNCCc2ccc(O)c(CO)c2)ccc1O. The minimum Gasteiger partial charge on any atom is -0.508 e. The maximum absolute atomic E-state index is 9.58. The molecule has 10 nitrogen and oxygen atoms in total. The van der Waals surface area contributed by atoms with E-state index in [0.717, 1.165) is 63.0 Å². The topological polar surface area (TPSA) is 180 Å². The number of benzene rings is 2. The molecule has 0 fully saturated rings. The zero-order chi connectivity index (χ0) is 26.1. The molecule has 0 saturated heterocycles. The Hall–Kier alpha value is -2.25. The lowest BCUT2D eigenvalue weighted by atomic mass is 10.1. The van der Waals surface area contributed by atoms with Crippen LogP contribution in [0.15, 0.2) is 36.4 Å². The lowest BCUT2D eigenvalue weighted by molar-refractivity contribution is 0.275. The first-order valence-electron chi connectivity index (χ1n) is 11.6. The number of aromatic hydroxyl groups is 2. The summed E-state index contributed by atoms with van der Waals surface area (Å²) in [5, 5.41) is 44.4. The Bertz CT molecular complexity index is 898. The maximum atomic E-state index is 9.58. The van der Waals surface area contributed by atoms with E-state index in [4.69, 9.17) is 17.5 Å². The van der Waals surface area contributed by atoms with Gasteiger partial charge < -0.3 is 31.1 Å². The van der Waals surface area contributed by atoms with Gasteiger partial charge in [-0.1, -0.05) is 25.0 Å². The third-order valence-corrected chi connectivity index (χ3v) is 5.27. The Morgan fingerprint density at radius 2 is 1.00 bits per heavy atom. The summed E-state index contributed by atoms with van der Waals surface area (Å²) in [4.78, 5) is 0. The van der Waals surface area contributed by atoms with Crippen molar-refractivity contribution in [3.8, 4) is 11.5 Å². The first-order valence-corrected chi connectivity index (χ1v) is 13.0. The van der Waals surface area contributed by atoms with Gasteiger partial charge in [0.15, 0.2) is 0 Å². The quantitative estimate of drug-likeness (QED) is 0.129. The average Bonchev–Trinajstić information content (AvgIpc) is 2.80. The van der Waals surface area contributed by atoms with Crippen molar-refractivity contribution in [3.05, 3.63) is 58.7 Å². The van der Waals surface area contributed by atoms with Gasteiger partial charge >= 0.3 is 10.4 Å². The van der Waals surface area contributed by atoms with Gasteiger partial charge in [0, 0.05) is 11.1 Å². The van der Waals surface area contributed by atoms with Gasteiger partial charge in [-0.15, -0.1) is 0 Å². The monoisotopic (exact) mass is 514 g/mol. The van der Waals surface area contributed by atoms with Crippen LogP contribution in [0.4, 0.5) is 0 Å². The molecule has 0 radical (unpaired) electrons. The van der Waals surface area contributed by atoms with Crippen LogP contribution < -0.4 is 10.6 Å². The third kappa shape index (κ3) is 15.4. The number of rotatable bonds is 15. The third-order valence-electron chi connectivity index (χ3n) is 5.27. The van der Waals surface area contributed by atoms with Gasteiger partial charge in [-0.2, -0.15) is 8.42 Å². The summed E-state index contributed by atoms with van der Waals surface area (Å²) >= 11 is 0. The van der Waals surface area contributed by atoms with Crippen molar-refractivity contribution in [2.45, 2.75) is 51.7 Å². The Kier molecular flexibility index (Phi) is 15.1. The largest absolute Gasteiger partial charge is 0.508 e. The molecule has 0 aliphatic heterocycles. The summed E-state index contributed by atoms with van der Waals surface area (Å²) in [6.07, 6.45) is 6.51. The van der Waals surface area contributed by atoms with Gasteiger partial charge in [0.25, 0.3) is 0 Å². The molecule has 0 unspecified atom stereocenters. The van der Waals surface area contributed by atoms with Gasteiger partial charge in [-0.25, -0.2) is 0 Å². The molecule has 0 aliphatic carbocycles. The number of aliphatic hydroxyl groups is 2. The molecule has 8 N–H and O–H groups in total. The fraction of sp³-hybridized carbons (Fsp3) is 0.500. The van der Waals surface area contributed by atoms with Crippen LogP contribution in [0, 0.1) is 0 Å². The molecule has 0 bridgehead atoms. The van der Waals surface area contributed by atoms with Gasteiger partial charge in [-0.05, 0) is 87.3 Å². The summed E-state index contributed by atoms with van der Waals surface area (Å²) < 4.78 is 31.6. The van der Waals surface area contributed by atoms with Crippen molar-refractivity contribution in [1.82, 2.24) is 10.6 Å². The highest BCUT2D eigenvalue weighted by molar-refractivity contribution is 7.79. The lowest BCUT2D eigenvalue weighted by Crippen LogP contribution is -2.19. The van der Waals surface area contributed by atoms with Crippen molar-refractivity contribution in [2.24, 2.45) is 0 Å². The second-order valence-corrected chi connectivity index (χ2v) is 9.00. The van der Waals surface area contributed by atoms with E-state index in [-0.39, 0.29) is 24.7 Å². The average molecular weight is 515 g/mol. The molecule has 2 aromatic rings. The van der Waals surface area contributed by atoms with Crippen LogP contribution in [-0.4, -0.2) is 64.1 Å². The number of aliphatic hydroxyl groups excluding tert-OH is 2. The molecule has 0 aliphatic rings. The minimum atomic E-state index is -4.67. The summed E-state index contributed by atoms with van der Waals surface area (Å²) in [6, 6.07) is 10.8. The molecular weight excluding hydrogens is 476 g/mol. The van der Waals surface area contributed by atoms with Crippen LogP contribution in [0.2, 0.25) is 0 Å². The highest BCUT2D eigenvalue weighted by atomic mass is 32.3. The summed E-state index contributed by atoms with van der Waals surface area (Å²) in [6.45, 7) is 3.53. The number of hydrogen-bond donors (Lipinski definition) is 8. The van der Waals surface area contributed by atoms with Crippen LogP contribution in [0.25, 0.3) is 0 Å². The normalized spacial score (nSPS) is 11.2. The predicted molar refractivity (Wildman–Crippen MR) is 134 cm³/mol. The van der Waals surface area contributed by atoms with E-state index < -0.39 is 10.4 Å². The second kappa shape index (κ2) is 17.2. The Morgan fingerprint density at radius 1 is 0.629 bits per heavy atom. The number of hydrogen-bond acceptors (Lipinski definition) is 8. The van der Waals surface area contributed by atoms with E-state index in [0.29, 0.717) is 11.1 Å². The molecular formula is C24H38N2O8S. The van der Waals surface area contributed by atoms with Crippen LogP contribution in [0.1, 0.15) is 47.9 Å². The summed E-state index contributed by atoms with van der Waals surface area (Å²) in [5.41, 5.74) is 3.41. The molecule has 2 rings (SSSR count). The van der Waals surface area contributed by atoms with Crippen LogP contribution in [0.3, 0.4) is 0 Å². The number of unbranched alkanes of at least 4 members (excludes halogenated alkanes) is 3. The van der Waals surface area contributed by atoms with Gasteiger partial charge in [0.1, 0.15) is 11.5 Å². The first kappa shape index (κ1) is 30.8. The molecule has 0 atom stereocenters. The van der Waals surface area contributed by atoms with Gasteiger partial charge in [0.2, 0.25) is 0 Å². The molecule has 2 aromatic carbocycles. The Balaban J connectivity index is 0.00000111. The standard InChI is InChI=1S/C24H36N2O4.H2O4S/c27-17-21-15-19(5-7-23(21)29)9-13-25-11-3-1-2-4-12-26-14-10-20-6-8-24(30)22(16-20)18-28;1-5(2,3)4/h5-8,15-16,25-30H,1-4,9-14,17-18H2;(H2,1,2,3,4). The Labute approximate surface area is 207 Å². The molecule has 0 amide bonds. The van der Waals surface area contributed by atoms with Crippen LogP contribution in [0.5, 0.6) is 11.5 Å². The fourth-order valence-corrected chi connectivity index (χ4v) is 3.41. The summed E-state index contributed by atoms with van der Waals surface area (Å²) in [5.74, 6) is 0.305. The van der Waals surface area contributed by atoms with E-state index in [1.54, 1.807) is 12.1 Å². The van der Waals surface area contributed by atoms with E-state index in [1.165, 1.54) is 12.8 Å². The van der Waals surface area contributed by atoms with E-state index in [1.807, 2.05) is 24.3 Å². The highest BCUT2D eigenvalue weighted by Crippen LogP contribution is 2.19. The molecule has 198 valence electrons. The molecule has 11 heteroatoms. The molecule has 35 heavy (non-hydrogen) atoms. The maximum Gasteiger partial charge on any atom is 0.394 e. The van der Waals surface area contributed by atoms with Gasteiger partial charge in [0.05, 0.1) is 13.2 Å². The zero-order valence-corrected chi connectivity index (χ0v) is 20.7. The highest BCUT2D eigenvalue weighted by Gasteiger charge is 2.03. The zero-order valence-electron chi connectivity index (χ0n) is 19.9. The van der Waals surface area contributed by atoms with Crippen molar-refractivity contribution < 1.29 is 37.9 Å². The lowest BCUT2D eigenvalue weighted by Gasteiger charge is -2.08. The number of nitrogens with one attached hydrogen (secondary N) is 2. The Morgan fingerprint density at radius 3 is 1.34 bits per heavy atom. The van der Waals surface area contributed by atoms with E-state index in [9.17, 15) is 20.4 Å². The van der Waals surface area contributed by atoms with Crippen molar-refractivity contribution in [2.75, 3.05) is 26.2 Å². The molecule has 0 saturated carbocycles. The minimum absolute atomic E-state index is 0.136. The van der Waals surface area contributed by atoms with E-state index >= 15 is 0 Å².